The predicted octanol–water partition coefficient (Wildman–Crippen LogP) is 4.58. The average molecular weight is 268 g/mol. The fourth-order valence-corrected chi connectivity index (χ4v) is 6.01. The van der Waals surface area contributed by atoms with Gasteiger partial charge in [-0.05, 0) is 37.4 Å². The third-order valence-electron chi connectivity index (χ3n) is 4.02. The molecule has 2 heterocycles. The van der Waals surface area contributed by atoms with Crippen LogP contribution in [0.1, 0.15) is 58.3 Å². The first-order valence-corrected chi connectivity index (χ1v) is 9.05. The van der Waals surface area contributed by atoms with Crippen molar-refractivity contribution < 1.29 is 0 Å². The van der Waals surface area contributed by atoms with Gasteiger partial charge in [0.1, 0.15) is 0 Å². The van der Waals surface area contributed by atoms with Crippen LogP contribution in [0, 0.1) is 0 Å². The van der Waals surface area contributed by atoms with Gasteiger partial charge in [-0.15, -0.1) is 0 Å². The molecule has 0 aromatic heterocycles. The Morgan fingerprint density at radius 2 is 1.33 bits per heavy atom. The number of rotatable bonds is 5. The zero-order valence-electron chi connectivity index (χ0n) is 12.0. The van der Waals surface area contributed by atoms with Crippen molar-refractivity contribution in [1.29, 1.82) is 0 Å². The summed E-state index contributed by atoms with van der Waals surface area (Å²) < 4.78 is 5.53. The molecule has 0 saturated carbocycles. The summed E-state index contributed by atoms with van der Waals surface area (Å²) >= 11 is 0. The highest BCUT2D eigenvalue weighted by Crippen LogP contribution is 2.54. The Hall–Kier alpha value is 0.0900. The molecule has 18 heavy (non-hydrogen) atoms. The van der Waals surface area contributed by atoms with Crippen molar-refractivity contribution in [3.8, 4) is 0 Å². The van der Waals surface area contributed by atoms with Crippen LogP contribution in [0.4, 0.5) is 0 Å². The Kier molecular flexibility index (Phi) is 6.14. The van der Waals surface area contributed by atoms with Crippen molar-refractivity contribution in [2.45, 2.75) is 58.3 Å². The number of nitrogens with zero attached hydrogens (tertiary/aromatic N) is 2. The molecule has 0 amide bonds. The van der Waals surface area contributed by atoms with E-state index in [9.17, 15) is 0 Å². The minimum absolute atomic E-state index is 0.192. The normalized spacial score (nSPS) is 23.4. The van der Waals surface area contributed by atoms with Crippen LogP contribution in [0.3, 0.4) is 0 Å². The molecule has 0 aliphatic carbocycles. The summed E-state index contributed by atoms with van der Waals surface area (Å²) in [7, 11) is -0.192. The SMILES string of the molecule is C=C(CCC)P(N1CCCCC1)N1CCCCC1. The number of hydrogen-bond acceptors (Lipinski definition) is 2. The molecule has 0 atom stereocenters. The monoisotopic (exact) mass is 268 g/mol. The summed E-state index contributed by atoms with van der Waals surface area (Å²) in [6.45, 7) is 12.0. The van der Waals surface area contributed by atoms with Crippen LogP contribution in [0.5, 0.6) is 0 Å². The minimum atomic E-state index is -0.192. The molecule has 0 aromatic carbocycles. The largest absolute Gasteiger partial charge is 0.267 e. The van der Waals surface area contributed by atoms with Gasteiger partial charge in [-0.1, -0.05) is 32.8 Å². The first-order valence-electron chi connectivity index (χ1n) is 7.80. The van der Waals surface area contributed by atoms with Gasteiger partial charge in [0, 0.05) is 26.2 Å². The van der Waals surface area contributed by atoms with Crippen LogP contribution < -0.4 is 0 Å². The lowest BCUT2D eigenvalue weighted by molar-refractivity contribution is 0.312. The van der Waals surface area contributed by atoms with Gasteiger partial charge in [0.15, 0.2) is 0 Å². The first kappa shape index (κ1) is 14.5. The maximum Gasteiger partial charge on any atom is 0.0675 e. The lowest BCUT2D eigenvalue weighted by atomic mass is 10.2. The number of hydrogen-bond donors (Lipinski definition) is 0. The van der Waals surface area contributed by atoms with Crippen LogP contribution in [0.2, 0.25) is 0 Å². The fourth-order valence-electron chi connectivity index (χ4n) is 3.10. The summed E-state index contributed by atoms with van der Waals surface area (Å²) in [6.07, 6.45) is 10.9. The highest BCUT2D eigenvalue weighted by atomic mass is 31.1. The Morgan fingerprint density at radius 1 is 0.889 bits per heavy atom. The van der Waals surface area contributed by atoms with E-state index in [1.807, 2.05) is 0 Å². The summed E-state index contributed by atoms with van der Waals surface area (Å²) in [4.78, 5) is 0. The molecule has 0 bridgehead atoms. The molecule has 2 saturated heterocycles. The van der Waals surface area contributed by atoms with Crippen LogP contribution in [-0.2, 0) is 0 Å². The topological polar surface area (TPSA) is 6.48 Å². The van der Waals surface area contributed by atoms with Crippen molar-refractivity contribution in [3.63, 3.8) is 0 Å². The quantitative estimate of drug-likeness (QED) is 0.673. The van der Waals surface area contributed by atoms with E-state index in [0.29, 0.717) is 0 Å². The summed E-state index contributed by atoms with van der Waals surface area (Å²) in [5.74, 6) is 0. The van der Waals surface area contributed by atoms with Crippen molar-refractivity contribution >= 4 is 8.22 Å². The van der Waals surface area contributed by atoms with Gasteiger partial charge in [0.2, 0.25) is 0 Å². The van der Waals surface area contributed by atoms with Crippen molar-refractivity contribution in [1.82, 2.24) is 9.34 Å². The zero-order valence-corrected chi connectivity index (χ0v) is 12.9. The average Bonchev–Trinajstić information content (AvgIpc) is 2.42. The van der Waals surface area contributed by atoms with Crippen molar-refractivity contribution in [2.75, 3.05) is 26.2 Å². The van der Waals surface area contributed by atoms with E-state index in [1.54, 1.807) is 0 Å². The van der Waals surface area contributed by atoms with Gasteiger partial charge in [-0.3, -0.25) is 9.34 Å². The van der Waals surface area contributed by atoms with E-state index in [-0.39, 0.29) is 8.22 Å². The molecule has 2 aliphatic heterocycles. The van der Waals surface area contributed by atoms with Gasteiger partial charge in [-0.25, -0.2) is 0 Å². The third-order valence-corrected chi connectivity index (χ3v) is 6.68. The zero-order chi connectivity index (χ0) is 12.8. The highest BCUT2D eigenvalue weighted by Gasteiger charge is 2.29. The molecule has 3 heteroatoms. The maximum absolute atomic E-state index is 4.44. The summed E-state index contributed by atoms with van der Waals surface area (Å²) in [6, 6.07) is 0. The Labute approximate surface area is 114 Å². The van der Waals surface area contributed by atoms with E-state index in [0.717, 1.165) is 0 Å². The molecule has 2 aliphatic rings. The van der Waals surface area contributed by atoms with Gasteiger partial charge in [-0.2, -0.15) is 0 Å². The maximum atomic E-state index is 4.44. The van der Waals surface area contributed by atoms with E-state index >= 15 is 0 Å². The summed E-state index contributed by atoms with van der Waals surface area (Å²) in [5.41, 5.74) is 0. The first-order chi connectivity index (χ1) is 8.83. The van der Waals surface area contributed by atoms with Gasteiger partial charge < -0.3 is 0 Å². The molecule has 2 rings (SSSR count). The molecule has 0 radical (unpaired) electrons. The second-order valence-corrected chi connectivity index (χ2v) is 7.98. The lowest BCUT2D eigenvalue weighted by Crippen LogP contribution is -2.35. The van der Waals surface area contributed by atoms with E-state index < -0.39 is 0 Å². The van der Waals surface area contributed by atoms with Crippen LogP contribution in [0.25, 0.3) is 0 Å². The van der Waals surface area contributed by atoms with Crippen LogP contribution in [-0.4, -0.2) is 35.5 Å². The highest BCUT2D eigenvalue weighted by molar-refractivity contribution is 7.57. The van der Waals surface area contributed by atoms with Crippen LogP contribution >= 0.6 is 8.22 Å². The Bertz CT molecular complexity index is 237. The Balaban J connectivity index is 2.02. The Morgan fingerprint density at radius 3 is 1.72 bits per heavy atom. The molecular weight excluding hydrogens is 239 g/mol. The fraction of sp³-hybridized carbons (Fsp3) is 0.867. The predicted molar refractivity (Wildman–Crippen MR) is 81.8 cm³/mol. The van der Waals surface area contributed by atoms with E-state index in [1.165, 1.54) is 82.9 Å². The molecule has 0 spiro atoms. The van der Waals surface area contributed by atoms with Crippen molar-refractivity contribution in [2.24, 2.45) is 0 Å². The molecule has 104 valence electrons. The molecule has 2 fully saturated rings. The van der Waals surface area contributed by atoms with Gasteiger partial charge in [0.05, 0.1) is 8.22 Å². The van der Waals surface area contributed by atoms with Crippen LogP contribution in [0.15, 0.2) is 11.9 Å². The molecular formula is C15H29N2P. The third kappa shape index (κ3) is 3.79. The minimum Gasteiger partial charge on any atom is -0.267 e. The molecule has 0 N–H and O–H groups in total. The number of allylic oxidation sites excluding steroid dienone is 1. The van der Waals surface area contributed by atoms with Crippen molar-refractivity contribution in [3.05, 3.63) is 11.9 Å². The molecule has 2 nitrogen and oxygen atoms in total. The molecule has 0 unspecified atom stereocenters. The summed E-state index contributed by atoms with van der Waals surface area (Å²) in [5, 5.41) is 1.52. The number of piperidine rings is 2. The van der Waals surface area contributed by atoms with E-state index in [2.05, 4.69) is 22.8 Å². The second kappa shape index (κ2) is 7.62. The van der Waals surface area contributed by atoms with E-state index in [4.69, 9.17) is 0 Å². The molecule has 0 aromatic rings. The smallest absolute Gasteiger partial charge is 0.0675 e. The second-order valence-electron chi connectivity index (χ2n) is 5.63. The lowest BCUT2D eigenvalue weighted by Gasteiger charge is -2.43. The standard InChI is InChI=1S/C15H29N2P/c1-3-10-15(2)18(16-11-6-4-7-12-16)17-13-8-5-9-14-17/h2-14H2,1H3. The van der Waals surface area contributed by atoms with Gasteiger partial charge >= 0.3 is 0 Å². The van der Waals surface area contributed by atoms with Gasteiger partial charge in [0.25, 0.3) is 0 Å².